The smallest absolute Gasteiger partial charge is 0.325 e. The number of carboxylic acids is 1. The van der Waals surface area contributed by atoms with Crippen LogP contribution < -0.4 is 5.32 Å². The lowest BCUT2D eigenvalue weighted by Gasteiger charge is -2.19. The van der Waals surface area contributed by atoms with Crippen molar-refractivity contribution in [1.82, 2.24) is 5.32 Å². The summed E-state index contributed by atoms with van der Waals surface area (Å²) in [4.78, 5) is 61.5. The van der Waals surface area contributed by atoms with E-state index >= 15 is 0 Å². The predicted octanol–water partition coefficient (Wildman–Crippen LogP) is 13.5. The van der Waals surface area contributed by atoms with E-state index in [0.717, 1.165) is 103 Å². The van der Waals surface area contributed by atoms with Crippen molar-refractivity contribution in [3.63, 3.8) is 0 Å². The Kier molecular flexibility index (Phi) is 42.1. The van der Waals surface area contributed by atoms with Crippen LogP contribution in [-0.4, -0.2) is 60.8 Å². The molecular weight excluding hydrogens is 771 g/mol. The molecule has 0 rings (SSSR count). The van der Waals surface area contributed by atoms with Crippen LogP contribution in [0.3, 0.4) is 0 Å². The van der Waals surface area contributed by atoms with Crippen LogP contribution in [0.1, 0.15) is 259 Å². The van der Waals surface area contributed by atoms with E-state index in [0.29, 0.717) is 26.1 Å². The molecule has 2 unspecified atom stereocenters. The maximum Gasteiger partial charge on any atom is 0.325 e. The molecule has 2 N–H and O–H groups in total. The molecule has 1 amide bonds. The second-order valence-corrected chi connectivity index (χ2v) is 17.7. The highest BCUT2D eigenvalue weighted by molar-refractivity contribution is 5.84. The highest BCUT2D eigenvalue weighted by Gasteiger charge is 2.21. The molecule has 0 aliphatic carbocycles. The molecule has 0 spiro atoms. The van der Waals surface area contributed by atoms with Gasteiger partial charge in [0.2, 0.25) is 5.91 Å². The third kappa shape index (κ3) is 38.7. The van der Waals surface area contributed by atoms with Gasteiger partial charge in [-0.15, -0.1) is 0 Å². The number of carbonyl (C=O) groups excluding carboxylic acids is 4. The molecule has 0 fully saturated rings. The molecule has 2 atom stereocenters. The fraction of sp³-hybridized carbons (Fsp3) is 0.902. The highest BCUT2D eigenvalue weighted by atomic mass is 16.5. The Morgan fingerprint density at radius 3 is 1.13 bits per heavy atom. The summed E-state index contributed by atoms with van der Waals surface area (Å²) >= 11 is 0. The van der Waals surface area contributed by atoms with Gasteiger partial charge in [-0.1, -0.05) is 182 Å². The van der Waals surface area contributed by atoms with E-state index in [-0.39, 0.29) is 49.3 Å². The highest BCUT2D eigenvalue weighted by Crippen LogP contribution is 2.23. The average molecular weight is 866 g/mol. The van der Waals surface area contributed by atoms with Crippen LogP contribution in [0.5, 0.6) is 0 Å². The molecule has 0 aromatic carbocycles. The van der Waals surface area contributed by atoms with Gasteiger partial charge in [0.15, 0.2) is 0 Å². The zero-order valence-corrected chi connectivity index (χ0v) is 40.0. The van der Waals surface area contributed by atoms with Gasteiger partial charge in [0.25, 0.3) is 0 Å². The van der Waals surface area contributed by atoms with Crippen LogP contribution in [-0.2, 0) is 38.2 Å². The van der Waals surface area contributed by atoms with Crippen LogP contribution in [0.25, 0.3) is 0 Å². The predicted molar refractivity (Wildman–Crippen MR) is 248 cm³/mol. The summed E-state index contributed by atoms with van der Waals surface area (Å²) in [5.41, 5.74) is 0. The molecule has 0 aromatic heterocycles. The van der Waals surface area contributed by atoms with E-state index in [9.17, 15) is 24.0 Å². The quantitative estimate of drug-likeness (QED) is 0.0347. The molecule has 61 heavy (non-hydrogen) atoms. The molecule has 0 bridgehead atoms. The lowest BCUT2D eigenvalue weighted by atomic mass is 9.94. The maximum absolute atomic E-state index is 13.0. The second kappa shape index (κ2) is 44.0. The van der Waals surface area contributed by atoms with Gasteiger partial charge in [-0.3, -0.25) is 24.0 Å². The molecule has 0 aromatic rings. The molecule has 0 aliphatic heterocycles. The van der Waals surface area contributed by atoms with Gasteiger partial charge >= 0.3 is 23.9 Å². The van der Waals surface area contributed by atoms with Crippen LogP contribution in [0.4, 0.5) is 0 Å². The number of aliphatic carboxylic acids is 1. The minimum absolute atomic E-state index is 0.00706. The SMILES string of the molecule is CCCCCCCCC(CCCCCC)C(=O)OCCCCCCC(CCCCCCOC(=O)C(CCCCCC)CCCCCCCC)OC(=O)CNC(=O)CCC(=O)O. The third-order valence-electron chi connectivity index (χ3n) is 11.9. The number of carboxylic acid groups (broad SMARTS) is 1. The molecule has 0 heterocycles. The molecule has 10 nitrogen and oxygen atoms in total. The van der Waals surface area contributed by atoms with Crippen molar-refractivity contribution in [2.24, 2.45) is 11.8 Å². The monoisotopic (exact) mass is 866 g/mol. The largest absolute Gasteiger partial charge is 0.481 e. The molecule has 0 saturated carbocycles. The van der Waals surface area contributed by atoms with E-state index in [2.05, 4.69) is 33.0 Å². The van der Waals surface area contributed by atoms with E-state index in [1.807, 2.05) is 0 Å². The number of hydrogen-bond donors (Lipinski definition) is 2. The van der Waals surface area contributed by atoms with Gasteiger partial charge in [0.05, 0.1) is 31.5 Å². The summed E-state index contributed by atoms with van der Waals surface area (Å²) in [6, 6.07) is 0. The first-order chi connectivity index (χ1) is 29.7. The van der Waals surface area contributed by atoms with E-state index in [1.54, 1.807) is 0 Å². The number of unbranched alkanes of at least 4 members (excludes halogenated alkanes) is 22. The number of carbonyl (C=O) groups is 5. The summed E-state index contributed by atoms with van der Waals surface area (Å²) in [6.07, 6.45) is 35.3. The number of hydrogen-bond acceptors (Lipinski definition) is 8. The lowest BCUT2D eigenvalue weighted by Crippen LogP contribution is -2.32. The number of rotatable bonds is 46. The number of nitrogens with one attached hydrogen (secondary N) is 1. The average Bonchev–Trinajstić information content (AvgIpc) is 3.24. The zero-order chi connectivity index (χ0) is 45.0. The first-order valence-corrected chi connectivity index (χ1v) is 25.7. The Balaban J connectivity index is 4.82. The van der Waals surface area contributed by atoms with Crippen LogP contribution >= 0.6 is 0 Å². The van der Waals surface area contributed by atoms with Gasteiger partial charge in [-0.2, -0.15) is 0 Å². The molecule has 0 aliphatic rings. The summed E-state index contributed by atoms with van der Waals surface area (Å²) in [7, 11) is 0. The van der Waals surface area contributed by atoms with Crippen molar-refractivity contribution in [3.8, 4) is 0 Å². The van der Waals surface area contributed by atoms with E-state index < -0.39 is 17.8 Å². The van der Waals surface area contributed by atoms with Crippen molar-refractivity contribution >= 4 is 29.8 Å². The first-order valence-electron chi connectivity index (χ1n) is 25.7. The van der Waals surface area contributed by atoms with E-state index in [4.69, 9.17) is 19.3 Å². The minimum atomic E-state index is -1.06. The van der Waals surface area contributed by atoms with Gasteiger partial charge in [-0.05, 0) is 64.2 Å². The van der Waals surface area contributed by atoms with Crippen molar-refractivity contribution in [1.29, 1.82) is 0 Å². The topological polar surface area (TPSA) is 145 Å². The van der Waals surface area contributed by atoms with E-state index in [1.165, 1.54) is 103 Å². The molecular formula is C51H95NO9. The van der Waals surface area contributed by atoms with Crippen LogP contribution in [0.2, 0.25) is 0 Å². The molecule has 358 valence electrons. The third-order valence-corrected chi connectivity index (χ3v) is 11.9. The molecule has 10 heteroatoms. The van der Waals surface area contributed by atoms with Crippen LogP contribution in [0, 0.1) is 11.8 Å². The Labute approximate surface area is 373 Å². The Bertz CT molecular complexity index is 1010. The maximum atomic E-state index is 13.0. The fourth-order valence-corrected chi connectivity index (χ4v) is 7.94. The number of amides is 1. The molecule has 0 radical (unpaired) electrons. The van der Waals surface area contributed by atoms with Crippen molar-refractivity contribution in [2.75, 3.05) is 19.8 Å². The number of ether oxygens (including phenoxy) is 3. The van der Waals surface area contributed by atoms with Crippen molar-refractivity contribution in [3.05, 3.63) is 0 Å². The lowest BCUT2D eigenvalue weighted by molar-refractivity contribution is -0.150. The Morgan fingerprint density at radius 1 is 0.426 bits per heavy atom. The summed E-state index contributed by atoms with van der Waals surface area (Å²) in [5.74, 6) is -2.13. The normalized spacial score (nSPS) is 12.7. The second-order valence-electron chi connectivity index (χ2n) is 17.7. The summed E-state index contributed by atoms with van der Waals surface area (Å²) in [6.45, 7) is 9.46. The standard InChI is InChI=1S/C51H95NO9/c1-5-9-13-17-19-27-35-44(33-25-15-11-7-3)50(57)59-41-31-23-21-29-37-46(61-49(56)43-52-47(53)39-40-48(54)55)38-30-22-24-32-42-60-51(58)45(34-26-16-12-8-4)36-28-20-18-14-10-6-2/h44-46H,5-43H2,1-4H3,(H,52,53)(H,54,55). The zero-order valence-electron chi connectivity index (χ0n) is 40.0. The van der Waals surface area contributed by atoms with Crippen molar-refractivity contribution < 1.29 is 43.3 Å². The summed E-state index contributed by atoms with van der Waals surface area (Å²) in [5, 5.41) is 11.3. The van der Waals surface area contributed by atoms with Gasteiger partial charge < -0.3 is 24.6 Å². The van der Waals surface area contributed by atoms with Crippen LogP contribution in [0.15, 0.2) is 0 Å². The fourth-order valence-electron chi connectivity index (χ4n) is 7.94. The van der Waals surface area contributed by atoms with Crippen molar-refractivity contribution in [2.45, 2.75) is 265 Å². The molecule has 0 saturated heterocycles. The van der Waals surface area contributed by atoms with Gasteiger partial charge in [-0.25, -0.2) is 0 Å². The minimum Gasteiger partial charge on any atom is -0.481 e. The first kappa shape index (κ1) is 58.4. The Morgan fingerprint density at radius 2 is 0.754 bits per heavy atom. The number of esters is 3. The summed E-state index contributed by atoms with van der Waals surface area (Å²) < 4.78 is 17.4. The Hall–Kier alpha value is -2.65. The van der Waals surface area contributed by atoms with Gasteiger partial charge in [0, 0.05) is 6.42 Å². The van der Waals surface area contributed by atoms with Gasteiger partial charge in [0.1, 0.15) is 12.6 Å².